The molecule has 2 N–H and O–H groups in total. The first kappa shape index (κ1) is 16.2. The Bertz CT molecular complexity index is 803. The Kier molecular flexibility index (Phi) is 4.11. The molecule has 0 bridgehead atoms. The molecule has 0 spiro atoms. The van der Waals surface area contributed by atoms with E-state index in [9.17, 15) is 14.4 Å². The van der Waals surface area contributed by atoms with Gasteiger partial charge in [-0.3, -0.25) is 14.5 Å². The molecule has 124 valence electrons. The number of aryl methyl sites for hydroxylation is 1. The molecule has 24 heavy (non-hydrogen) atoms. The van der Waals surface area contributed by atoms with E-state index in [4.69, 9.17) is 0 Å². The Morgan fingerprint density at radius 3 is 2.75 bits per heavy atom. The molecule has 2 aromatic rings. The van der Waals surface area contributed by atoms with Crippen LogP contribution in [0.5, 0.6) is 0 Å². The minimum atomic E-state index is -1.12. The Labute approximate surface area is 143 Å². The lowest BCUT2D eigenvalue weighted by molar-refractivity contribution is -0.133. The van der Waals surface area contributed by atoms with Gasteiger partial charge < -0.3 is 10.6 Å². The van der Waals surface area contributed by atoms with Crippen molar-refractivity contribution >= 4 is 34.9 Å². The number of urea groups is 1. The van der Waals surface area contributed by atoms with Gasteiger partial charge in [-0.25, -0.2) is 4.79 Å². The van der Waals surface area contributed by atoms with Crippen LogP contribution < -0.4 is 10.6 Å². The second-order valence-electron chi connectivity index (χ2n) is 5.84. The van der Waals surface area contributed by atoms with Crippen molar-refractivity contribution in [1.29, 1.82) is 0 Å². The Balaban J connectivity index is 1.72. The summed E-state index contributed by atoms with van der Waals surface area (Å²) < 4.78 is 0. The van der Waals surface area contributed by atoms with Crippen LogP contribution in [0.3, 0.4) is 0 Å². The molecule has 1 aliphatic rings. The van der Waals surface area contributed by atoms with Crippen LogP contribution in [0.25, 0.3) is 0 Å². The Hall–Kier alpha value is -2.67. The van der Waals surface area contributed by atoms with Gasteiger partial charge in [-0.1, -0.05) is 18.2 Å². The molecule has 2 heterocycles. The van der Waals surface area contributed by atoms with Gasteiger partial charge in [0.05, 0.1) is 0 Å². The van der Waals surface area contributed by atoms with E-state index in [1.54, 1.807) is 19.1 Å². The van der Waals surface area contributed by atoms with Crippen LogP contribution in [-0.2, 0) is 15.1 Å². The van der Waals surface area contributed by atoms with E-state index in [1.165, 1.54) is 11.3 Å². The summed E-state index contributed by atoms with van der Waals surface area (Å²) in [6, 6.07) is 10.4. The summed E-state index contributed by atoms with van der Waals surface area (Å²) in [6.45, 7) is 3.25. The van der Waals surface area contributed by atoms with Crippen molar-refractivity contribution in [2.75, 3.05) is 11.9 Å². The SMILES string of the molecule is Cc1cccc(NC(=O)CN2C(=O)NC(C)(c3cccs3)C2=O)c1. The molecule has 1 aromatic carbocycles. The van der Waals surface area contributed by atoms with Gasteiger partial charge in [-0.2, -0.15) is 0 Å². The van der Waals surface area contributed by atoms with Gasteiger partial charge in [0.25, 0.3) is 5.91 Å². The average Bonchev–Trinajstić information content (AvgIpc) is 3.12. The van der Waals surface area contributed by atoms with Gasteiger partial charge in [0.1, 0.15) is 6.54 Å². The fourth-order valence-electron chi connectivity index (χ4n) is 2.64. The summed E-state index contributed by atoms with van der Waals surface area (Å²) in [5, 5.41) is 7.22. The van der Waals surface area contributed by atoms with Crippen LogP contribution in [0.2, 0.25) is 0 Å². The van der Waals surface area contributed by atoms with Crippen LogP contribution in [0, 0.1) is 6.92 Å². The number of anilines is 1. The molecule has 1 unspecified atom stereocenters. The zero-order valence-corrected chi connectivity index (χ0v) is 14.1. The molecule has 6 nitrogen and oxygen atoms in total. The molecule has 1 aromatic heterocycles. The fraction of sp³-hybridized carbons (Fsp3) is 0.235. The minimum absolute atomic E-state index is 0.320. The molecular weight excluding hydrogens is 326 g/mol. The van der Waals surface area contributed by atoms with Crippen molar-refractivity contribution < 1.29 is 14.4 Å². The van der Waals surface area contributed by atoms with Gasteiger partial charge in [-0.15, -0.1) is 11.3 Å². The second kappa shape index (κ2) is 6.09. The van der Waals surface area contributed by atoms with Gasteiger partial charge in [0.15, 0.2) is 5.54 Å². The summed E-state index contributed by atoms with van der Waals surface area (Å²) >= 11 is 1.39. The molecule has 1 atom stereocenters. The number of benzene rings is 1. The maximum atomic E-state index is 12.6. The van der Waals surface area contributed by atoms with Gasteiger partial charge in [0, 0.05) is 10.6 Å². The van der Waals surface area contributed by atoms with E-state index in [1.807, 2.05) is 36.6 Å². The number of nitrogens with zero attached hydrogens (tertiary/aromatic N) is 1. The number of imide groups is 1. The third-order valence-corrected chi connectivity index (χ3v) is 4.98. The largest absolute Gasteiger partial charge is 0.325 e. The van der Waals surface area contributed by atoms with Gasteiger partial charge >= 0.3 is 6.03 Å². The van der Waals surface area contributed by atoms with E-state index in [0.29, 0.717) is 5.69 Å². The summed E-state index contributed by atoms with van der Waals surface area (Å²) in [7, 11) is 0. The molecule has 0 saturated carbocycles. The highest BCUT2D eigenvalue weighted by molar-refractivity contribution is 7.10. The van der Waals surface area contributed by atoms with Crippen molar-refractivity contribution in [3.63, 3.8) is 0 Å². The normalized spacial score (nSPS) is 20.2. The van der Waals surface area contributed by atoms with E-state index in [-0.39, 0.29) is 6.54 Å². The highest BCUT2D eigenvalue weighted by Crippen LogP contribution is 2.31. The smallest absolute Gasteiger partial charge is 0.325 e. The maximum Gasteiger partial charge on any atom is 0.325 e. The van der Waals surface area contributed by atoms with E-state index in [2.05, 4.69) is 10.6 Å². The first-order valence-electron chi connectivity index (χ1n) is 7.45. The van der Waals surface area contributed by atoms with Crippen molar-refractivity contribution in [1.82, 2.24) is 10.2 Å². The monoisotopic (exact) mass is 343 g/mol. The predicted molar refractivity (Wildman–Crippen MR) is 91.7 cm³/mol. The zero-order valence-electron chi connectivity index (χ0n) is 13.3. The quantitative estimate of drug-likeness (QED) is 0.837. The van der Waals surface area contributed by atoms with Crippen LogP contribution in [0.4, 0.5) is 10.5 Å². The Morgan fingerprint density at radius 2 is 2.08 bits per heavy atom. The molecule has 0 radical (unpaired) electrons. The summed E-state index contributed by atoms with van der Waals surface area (Å²) in [6.07, 6.45) is 0. The topological polar surface area (TPSA) is 78.5 Å². The lowest BCUT2D eigenvalue weighted by atomic mass is 10.0. The van der Waals surface area contributed by atoms with Crippen molar-refractivity contribution in [2.24, 2.45) is 0 Å². The van der Waals surface area contributed by atoms with Crippen LogP contribution in [0.1, 0.15) is 17.4 Å². The number of hydrogen-bond donors (Lipinski definition) is 2. The van der Waals surface area contributed by atoms with Crippen molar-refractivity contribution in [2.45, 2.75) is 19.4 Å². The standard InChI is InChI=1S/C17H17N3O3S/c1-11-5-3-6-12(9-11)18-14(21)10-20-15(22)17(2,19-16(20)23)13-7-4-8-24-13/h3-9H,10H2,1-2H3,(H,18,21)(H,19,23). The number of carbonyl (C=O) groups is 3. The molecule has 1 fully saturated rings. The third kappa shape index (κ3) is 2.90. The molecule has 1 aliphatic heterocycles. The lowest BCUT2D eigenvalue weighted by Crippen LogP contribution is -2.41. The molecule has 1 saturated heterocycles. The first-order chi connectivity index (χ1) is 11.4. The highest BCUT2D eigenvalue weighted by Gasteiger charge is 2.50. The number of thiophene rings is 1. The van der Waals surface area contributed by atoms with Crippen molar-refractivity contribution in [3.05, 3.63) is 52.2 Å². The highest BCUT2D eigenvalue weighted by atomic mass is 32.1. The molecule has 7 heteroatoms. The van der Waals surface area contributed by atoms with E-state index in [0.717, 1.165) is 15.3 Å². The molecule has 3 rings (SSSR count). The molecule has 0 aliphatic carbocycles. The summed E-state index contributed by atoms with van der Waals surface area (Å²) in [4.78, 5) is 38.7. The fourth-order valence-corrected chi connectivity index (χ4v) is 3.47. The third-order valence-electron chi connectivity index (χ3n) is 3.89. The van der Waals surface area contributed by atoms with Crippen LogP contribution in [0.15, 0.2) is 41.8 Å². The Morgan fingerprint density at radius 1 is 1.29 bits per heavy atom. The summed E-state index contributed by atoms with van der Waals surface area (Å²) in [5.74, 6) is -0.839. The number of rotatable bonds is 4. The second-order valence-corrected chi connectivity index (χ2v) is 6.79. The number of nitrogens with one attached hydrogen (secondary N) is 2. The number of carbonyl (C=O) groups excluding carboxylic acids is 3. The van der Waals surface area contributed by atoms with Crippen LogP contribution >= 0.6 is 11.3 Å². The summed E-state index contributed by atoms with van der Waals surface area (Å²) in [5.41, 5.74) is 0.524. The zero-order chi connectivity index (χ0) is 17.3. The molecular formula is C17H17N3O3S. The predicted octanol–water partition coefficient (Wildman–Crippen LogP) is 2.46. The number of hydrogen-bond acceptors (Lipinski definition) is 4. The van der Waals surface area contributed by atoms with Gasteiger partial charge in [0.2, 0.25) is 5.91 Å². The first-order valence-corrected chi connectivity index (χ1v) is 8.33. The van der Waals surface area contributed by atoms with E-state index < -0.39 is 23.4 Å². The lowest BCUT2D eigenvalue weighted by Gasteiger charge is -2.20. The van der Waals surface area contributed by atoms with Crippen molar-refractivity contribution in [3.8, 4) is 0 Å². The van der Waals surface area contributed by atoms with Gasteiger partial charge in [-0.05, 0) is 43.0 Å². The number of amides is 4. The minimum Gasteiger partial charge on any atom is -0.325 e. The van der Waals surface area contributed by atoms with E-state index >= 15 is 0 Å². The average molecular weight is 343 g/mol. The van der Waals surface area contributed by atoms with Crippen LogP contribution in [-0.4, -0.2) is 29.3 Å². The molecule has 4 amide bonds. The maximum absolute atomic E-state index is 12.6.